The zero-order valence-electron chi connectivity index (χ0n) is 11.3. The summed E-state index contributed by atoms with van der Waals surface area (Å²) in [5, 5.41) is 10.3. The lowest BCUT2D eigenvalue weighted by Gasteiger charge is -2.16. The molecule has 0 bridgehead atoms. The number of likely N-dealkylation sites (tertiary alicyclic amines) is 1. The second kappa shape index (κ2) is 5.59. The van der Waals surface area contributed by atoms with Crippen molar-refractivity contribution in [2.45, 2.75) is 12.8 Å². The number of pyridine rings is 1. The van der Waals surface area contributed by atoms with Crippen molar-refractivity contribution in [1.29, 1.82) is 0 Å². The molecule has 1 N–H and O–H groups in total. The molecular formula is C16H18N2O2. The predicted molar refractivity (Wildman–Crippen MR) is 77.2 cm³/mol. The fourth-order valence-electron chi connectivity index (χ4n) is 2.82. The summed E-state index contributed by atoms with van der Waals surface area (Å²) in [6.07, 6.45) is 3.08. The molecule has 1 aliphatic heterocycles. The van der Waals surface area contributed by atoms with E-state index < -0.39 is 0 Å². The molecule has 2 heterocycles. The Bertz CT molecular complexity index is 621. The normalized spacial score (nSPS) is 18.9. The standard InChI is InChI=1S/C16H18N2O2/c19-11-12-9-15(20)18(10-12)8-6-14-4-1-3-13-5-2-7-17-16(13)14/h1-5,7,12,19H,6,8-11H2. The van der Waals surface area contributed by atoms with Crippen molar-refractivity contribution in [3.63, 3.8) is 0 Å². The van der Waals surface area contributed by atoms with Crippen LogP contribution in [0.3, 0.4) is 0 Å². The Morgan fingerprint density at radius 2 is 2.15 bits per heavy atom. The van der Waals surface area contributed by atoms with Crippen molar-refractivity contribution in [3.05, 3.63) is 42.1 Å². The van der Waals surface area contributed by atoms with E-state index in [1.165, 1.54) is 5.56 Å². The van der Waals surface area contributed by atoms with Gasteiger partial charge in [0.2, 0.25) is 5.91 Å². The van der Waals surface area contributed by atoms with Crippen LogP contribution in [0, 0.1) is 5.92 Å². The van der Waals surface area contributed by atoms with Crippen molar-refractivity contribution in [3.8, 4) is 0 Å². The molecule has 1 aliphatic rings. The van der Waals surface area contributed by atoms with Gasteiger partial charge in [-0.05, 0) is 18.1 Å². The third-order valence-electron chi connectivity index (χ3n) is 3.92. The van der Waals surface area contributed by atoms with Crippen LogP contribution in [-0.4, -0.2) is 40.6 Å². The fraction of sp³-hybridized carbons (Fsp3) is 0.375. The first kappa shape index (κ1) is 13.1. The minimum atomic E-state index is 0.0953. The molecule has 0 spiro atoms. The van der Waals surface area contributed by atoms with Gasteiger partial charge in [0.25, 0.3) is 0 Å². The van der Waals surface area contributed by atoms with E-state index in [2.05, 4.69) is 23.2 Å². The summed E-state index contributed by atoms with van der Waals surface area (Å²) in [5.41, 5.74) is 2.18. The molecule has 1 aromatic carbocycles. The van der Waals surface area contributed by atoms with Crippen LogP contribution in [0.2, 0.25) is 0 Å². The zero-order valence-corrected chi connectivity index (χ0v) is 11.3. The monoisotopic (exact) mass is 270 g/mol. The highest BCUT2D eigenvalue weighted by Gasteiger charge is 2.28. The lowest BCUT2D eigenvalue weighted by Crippen LogP contribution is -2.28. The Hall–Kier alpha value is -1.94. The first-order chi connectivity index (χ1) is 9.78. The van der Waals surface area contributed by atoms with E-state index in [-0.39, 0.29) is 18.4 Å². The first-order valence-electron chi connectivity index (χ1n) is 6.99. The summed E-state index contributed by atoms with van der Waals surface area (Å²) < 4.78 is 0. The van der Waals surface area contributed by atoms with E-state index in [9.17, 15) is 4.79 Å². The summed E-state index contributed by atoms with van der Waals surface area (Å²) in [6.45, 7) is 1.47. The van der Waals surface area contributed by atoms with Crippen molar-refractivity contribution < 1.29 is 9.90 Å². The summed E-state index contributed by atoms with van der Waals surface area (Å²) in [4.78, 5) is 18.1. The van der Waals surface area contributed by atoms with Gasteiger partial charge in [-0.3, -0.25) is 9.78 Å². The van der Waals surface area contributed by atoms with E-state index in [4.69, 9.17) is 5.11 Å². The van der Waals surface area contributed by atoms with Crippen molar-refractivity contribution in [1.82, 2.24) is 9.88 Å². The van der Waals surface area contributed by atoms with Gasteiger partial charge >= 0.3 is 0 Å². The molecule has 1 fully saturated rings. The third kappa shape index (κ3) is 2.51. The zero-order chi connectivity index (χ0) is 13.9. The molecule has 0 aliphatic carbocycles. The topological polar surface area (TPSA) is 53.4 Å². The van der Waals surface area contributed by atoms with Crippen LogP contribution in [0.1, 0.15) is 12.0 Å². The highest BCUT2D eigenvalue weighted by molar-refractivity contribution is 5.82. The molecule has 1 aromatic heterocycles. The van der Waals surface area contributed by atoms with Crippen molar-refractivity contribution >= 4 is 16.8 Å². The number of amides is 1. The van der Waals surface area contributed by atoms with Gasteiger partial charge in [-0.1, -0.05) is 24.3 Å². The number of hydrogen-bond acceptors (Lipinski definition) is 3. The summed E-state index contributed by atoms with van der Waals surface area (Å²) in [6, 6.07) is 10.1. The van der Waals surface area contributed by atoms with Crippen LogP contribution in [-0.2, 0) is 11.2 Å². The average molecular weight is 270 g/mol. The van der Waals surface area contributed by atoms with E-state index in [1.807, 2.05) is 17.0 Å². The second-order valence-electron chi connectivity index (χ2n) is 5.33. The van der Waals surface area contributed by atoms with Gasteiger partial charge in [-0.15, -0.1) is 0 Å². The Morgan fingerprint density at radius 1 is 1.30 bits per heavy atom. The van der Waals surface area contributed by atoms with Crippen LogP contribution in [0.15, 0.2) is 36.5 Å². The maximum Gasteiger partial charge on any atom is 0.223 e. The number of aliphatic hydroxyl groups excluding tert-OH is 1. The molecule has 0 radical (unpaired) electrons. The van der Waals surface area contributed by atoms with Gasteiger partial charge in [0, 0.05) is 43.6 Å². The van der Waals surface area contributed by atoms with E-state index >= 15 is 0 Å². The average Bonchev–Trinajstić information content (AvgIpc) is 2.85. The fourth-order valence-corrected chi connectivity index (χ4v) is 2.82. The molecule has 1 unspecified atom stereocenters. The number of nitrogens with zero attached hydrogens (tertiary/aromatic N) is 2. The molecular weight excluding hydrogens is 252 g/mol. The third-order valence-corrected chi connectivity index (χ3v) is 3.92. The highest BCUT2D eigenvalue weighted by atomic mass is 16.3. The summed E-state index contributed by atoms with van der Waals surface area (Å²) in [5.74, 6) is 0.255. The molecule has 2 aromatic rings. The van der Waals surface area contributed by atoms with Gasteiger partial charge < -0.3 is 10.0 Å². The molecule has 104 valence electrons. The number of para-hydroxylation sites is 1. The minimum Gasteiger partial charge on any atom is -0.396 e. The Morgan fingerprint density at radius 3 is 2.95 bits per heavy atom. The number of fused-ring (bicyclic) bond motifs is 1. The van der Waals surface area contributed by atoms with Gasteiger partial charge in [0.05, 0.1) is 5.52 Å². The van der Waals surface area contributed by atoms with Crippen LogP contribution < -0.4 is 0 Å². The largest absolute Gasteiger partial charge is 0.396 e. The lowest BCUT2D eigenvalue weighted by atomic mass is 10.1. The van der Waals surface area contributed by atoms with Gasteiger partial charge in [-0.2, -0.15) is 0 Å². The molecule has 20 heavy (non-hydrogen) atoms. The Balaban J connectivity index is 1.73. The summed E-state index contributed by atoms with van der Waals surface area (Å²) in [7, 11) is 0. The predicted octanol–water partition coefficient (Wildman–Crippen LogP) is 1.62. The van der Waals surface area contributed by atoms with Crippen LogP contribution in [0.25, 0.3) is 10.9 Å². The first-order valence-corrected chi connectivity index (χ1v) is 6.99. The number of carbonyl (C=O) groups excluding carboxylic acids is 1. The van der Waals surface area contributed by atoms with Crippen LogP contribution in [0.4, 0.5) is 0 Å². The number of carbonyl (C=O) groups is 1. The lowest BCUT2D eigenvalue weighted by molar-refractivity contribution is -0.127. The number of aliphatic hydroxyl groups is 1. The van der Waals surface area contributed by atoms with Crippen molar-refractivity contribution in [2.75, 3.05) is 19.7 Å². The smallest absolute Gasteiger partial charge is 0.223 e. The second-order valence-corrected chi connectivity index (χ2v) is 5.33. The number of hydrogen-bond donors (Lipinski definition) is 1. The maximum absolute atomic E-state index is 11.8. The molecule has 1 saturated heterocycles. The quantitative estimate of drug-likeness (QED) is 0.918. The molecule has 3 rings (SSSR count). The van der Waals surface area contributed by atoms with Crippen LogP contribution in [0.5, 0.6) is 0 Å². The van der Waals surface area contributed by atoms with E-state index in [1.54, 1.807) is 6.20 Å². The molecule has 0 saturated carbocycles. The minimum absolute atomic E-state index is 0.0953. The van der Waals surface area contributed by atoms with E-state index in [0.717, 1.165) is 17.3 Å². The molecule has 1 atom stereocenters. The number of aromatic nitrogens is 1. The maximum atomic E-state index is 11.8. The number of rotatable bonds is 4. The molecule has 4 nitrogen and oxygen atoms in total. The van der Waals surface area contributed by atoms with Crippen molar-refractivity contribution in [2.24, 2.45) is 5.92 Å². The SMILES string of the molecule is O=C1CC(CO)CN1CCc1cccc2cccnc12. The van der Waals surface area contributed by atoms with Gasteiger partial charge in [0.1, 0.15) is 0 Å². The molecule has 4 heteroatoms. The Kier molecular flexibility index (Phi) is 3.65. The van der Waals surface area contributed by atoms with Gasteiger partial charge in [-0.25, -0.2) is 0 Å². The Labute approximate surface area is 118 Å². The van der Waals surface area contributed by atoms with E-state index in [0.29, 0.717) is 19.5 Å². The van der Waals surface area contributed by atoms with Gasteiger partial charge in [0.15, 0.2) is 0 Å². The van der Waals surface area contributed by atoms with Crippen LogP contribution >= 0.6 is 0 Å². The molecule has 1 amide bonds. The summed E-state index contributed by atoms with van der Waals surface area (Å²) >= 11 is 0. The number of benzene rings is 1. The highest BCUT2D eigenvalue weighted by Crippen LogP contribution is 2.20.